The maximum absolute atomic E-state index is 12.8. The number of rotatable bonds is 5. The largest absolute Gasteiger partial charge is 0.411 e. The molecule has 1 aromatic carbocycles. The molecule has 1 fully saturated rings. The molecule has 3 nitrogen and oxygen atoms in total. The maximum Gasteiger partial charge on any atom is 0.411 e. The number of alkyl halides is 3. The van der Waals surface area contributed by atoms with Crippen molar-refractivity contribution in [3.05, 3.63) is 35.6 Å². The van der Waals surface area contributed by atoms with Crippen molar-refractivity contribution in [2.75, 3.05) is 26.3 Å². The highest BCUT2D eigenvalue weighted by Gasteiger charge is 2.30. The molecule has 1 heterocycles. The first-order valence-corrected chi connectivity index (χ1v) is 7.00. The van der Waals surface area contributed by atoms with Gasteiger partial charge in [-0.05, 0) is 36.5 Å². The van der Waals surface area contributed by atoms with Gasteiger partial charge in [0.15, 0.2) is 0 Å². The van der Waals surface area contributed by atoms with Crippen LogP contribution < -0.4 is 0 Å². The Morgan fingerprint density at radius 3 is 2.59 bits per heavy atom. The quantitative estimate of drug-likeness (QED) is 0.781. The van der Waals surface area contributed by atoms with E-state index in [9.17, 15) is 22.4 Å². The summed E-state index contributed by atoms with van der Waals surface area (Å²) in [7, 11) is 0. The fraction of sp³-hybridized carbons (Fsp3) is 0.533. The van der Waals surface area contributed by atoms with Gasteiger partial charge in [0, 0.05) is 13.1 Å². The third kappa shape index (κ3) is 5.29. The third-order valence-corrected chi connectivity index (χ3v) is 3.57. The smallest absolute Gasteiger partial charge is 0.362 e. The van der Waals surface area contributed by atoms with Crippen molar-refractivity contribution in [2.24, 2.45) is 5.92 Å². The number of carbonyl (C=O) groups excluding carboxylic acids is 1. The molecule has 0 bridgehead atoms. The summed E-state index contributed by atoms with van der Waals surface area (Å²) in [6.07, 6.45) is -2.92. The van der Waals surface area contributed by atoms with E-state index in [2.05, 4.69) is 4.74 Å². The molecule has 1 atom stereocenters. The van der Waals surface area contributed by atoms with Crippen LogP contribution in [0.15, 0.2) is 24.3 Å². The van der Waals surface area contributed by atoms with Crippen molar-refractivity contribution in [2.45, 2.75) is 19.0 Å². The van der Waals surface area contributed by atoms with Crippen molar-refractivity contribution >= 4 is 5.91 Å². The predicted molar refractivity (Wildman–Crippen MR) is 71.7 cm³/mol. The first kappa shape index (κ1) is 16.7. The van der Waals surface area contributed by atoms with Crippen LogP contribution in [0.4, 0.5) is 17.6 Å². The van der Waals surface area contributed by atoms with E-state index >= 15 is 0 Å². The molecule has 0 spiro atoms. The van der Waals surface area contributed by atoms with Crippen LogP contribution in [-0.4, -0.2) is 43.3 Å². The van der Waals surface area contributed by atoms with E-state index < -0.39 is 25.3 Å². The second-order valence-electron chi connectivity index (χ2n) is 5.43. The average Bonchev–Trinajstić information content (AvgIpc) is 2.88. The molecule has 1 aliphatic rings. The van der Waals surface area contributed by atoms with Gasteiger partial charge in [0.05, 0.1) is 0 Å². The molecule has 1 saturated heterocycles. The zero-order chi connectivity index (χ0) is 16.2. The van der Waals surface area contributed by atoms with Gasteiger partial charge >= 0.3 is 6.18 Å². The van der Waals surface area contributed by atoms with E-state index in [4.69, 9.17) is 0 Å². The molecule has 0 saturated carbocycles. The highest BCUT2D eigenvalue weighted by molar-refractivity contribution is 5.77. The van der Waals surface area contributed by atoms with Crippen LogP contribution in [0.1, 0.15) is 12.0 Å². The molecule has 0 unspecified atom stereocenters. The van der Waals surface area contributed by atoms with Crippen molar-refractivity contribution < 1.29 is 27.1 Å². The molecule has 1 aliphatic heterocycles. The van der Waals surface area contributed by atoms with Crippen molar-refractivity contribution in [1.29, 1.82) is 0 Å². The summed E-state index contributed by atoms with van der Waals surface area (Å²) in [5, 5.41) is 0. The van der Waals surface area contributed by atoms with Gasteiger partial charge in [-0.25, -0.2) is 4.39 Å². The highest BCUT2D eigenvalue weighted by atomic mass is 19.4. The van der Waals surface area contributed by atoms with Crippen LogP contribution in [-0.2, 0) is 16.0 Å². The monoisotopic (exact) mass is 319 g/mol. The van der Waals surface area contributed by atoms with Crippen LogP contribution >= 0.6 is 0 Å². The van der Waals surface area contributed by atoms with Gasteiger partial charge < -0.3 is 9.64 Å². The number of carbonyl (C=O) groups is 1. The van der Waals surface area contributed by atoms with Crippen LogP contribution in [0.3, 0.4) is 0 Å². The summed E-state index contributed by atoms with van der Waals surface area (Å²) in [4.78, 5) is 13.3. The topological polar surface area (TPSA) is 29.5 Å². The molecular formula is C15H17F4NO2. The first-order chi connectivity index (χ1) is 10.3. The number of hydrogen-bond donors (Lipinski definition) is 0. The average molecular weight is 319 g/mol. The lowest BCUT2D eigenvalue weighted by molar-refractivity contribution is -0.177. The number of benzene rings is 1. The Hall–Kier alpha value is -1.63. The molecule has 22 heavy (non-hydrogen) atoms. The number of hydrogen-bond acceptors (Lipinski definition) is 2. The van der Waals surface area contributed by atoms with Crippen LogP contribution in [0.2, 0.25) is 0 Å². The van der Waals surface area contributed by atoms with Crippen LogP contribution in [0, 0.1) is 11.7 Å². The van der Waals surface area contributed by atoms with E-state index in [1.165, 1.54) is 17.0 Å². The second kappa shape index (κ2) is 7.09. The SMILES string of the molecule is O=C(COCC(F)(F)F)N1CC[C@H](Cc2ccc(F)cc2)C1. The number of likely N-dealkylation sites (tertiary alicyclic amines) is 1. The Morgan fingerprint density at radius 2 is 1.95 bits per heavy atom. The third-order valence-electron chi connectivity index (χ3n) is 3.57. The summed E-state index contributed by atoms with van der Waals surface area (Å²) < 4.78 is 53.0. The van der Waals surface area contributed by atoms with E-state index in [1.54, 1.807) is 12.1 Å². The van der Waals surface area contributed by atoms with E-state index in [0.29, 0.717) is 19.5 Å². The molecule has 1 aromatic rings. The number of ether oxygens (including phenoxy) is 1. The summed E-state index contributed by atoms with van der Waals surface area (Å²) in [5.74, 6) is -0.489. The second-order valence-corrected chi connectivity index (χ2v) is 5.43. The Balaban J connectivity index is 1.75. The zero-order valence-electron chi connectivity index (χ0n) is 11.9. The van der Waals surface area contributed by atoms with Gasteiger partial charge in [-0.3, -0.25) is 4.79 Å². The van der Waals surface area contributed by atoms with Crippen LogP contribution in [0.25, 0.3) is 0 Å². The molecule has 2 rings (SSSR count). The molecule has 0 N–H and O–H groups in total. The number of amides is 1. The fourth-order valence-corrected chi connectivity index (χ4v) is 2.52. The van der Waals surface area contributed by atoms with Gasteiger partial charge in [0.1, 0.15) is 19.0 Å². The molecule has 122 valence electrons. The van der Waals surface area contributed by atoms with Crippen molar-refractivity contribution in [1.82, 2.24) is 4.90 Å². The lowest BCUT2D eigenvalue weighted by Gasteiger charge is -2.17. The minimum absolute atomic E-state index is 0.233. The molecule has 0 aromatic heterocycles. The summed E-state index contributed by atoms with van der Waals surface area (Å²) in [6, 6.07) is 6.18. The minimum atomic E-state index is -4.42. The fourth-order valence-electron chi connectivity index (χ4n) is 2.52. The Kier molecular flexibility index (Phi) is 5.39. The summed E-state index contributed by atoms with van der Waals surface area (Å²) >= 11 is 0. The Labute approximate surface area is 125 Å². The number of halogens is 4. The molecule has 1 amide bonds. The predicted octanol–water partition coefficient (Wildman–Crippen LogP) is 2.80. The summed E-state index contributed by atoms with van der Waals surface area (Å²) in [5.41, 5.74) is 0.981. The lowest BCUT2D eigenvalue weighted by atomic mass is 9.99. The van der Waals surface area contributed by atoms with Crippen LogP contribution in [0.5, 0.6) is 0 Å². The van der Waals surface area contributed by atoms with Crippen molar-refractivity contribution in [3.8, 4) is 0 Å². The Morgan fingerprint density at radius 1 is 1.27 bits per heavy atom. The van der Waals surface area contributed by atoms with Gasteiger partial charge in [-0.2, -0.15) is 13.2 Å². The van der Waals surface area contributed by atoms with Gasteiger partial charge in [0.25, 0.3) is 0 Å². The molecule has 0 aliphatic carbocycles. The zero-order valence-corrected chi connectivity index (χ0v) is 11.9. The van der Waals surface area contributed by atoms with Gasteiger partial charge in [-0.15, -0.1) is 0 Å². The first-order valence-electron chi connectivity index (χ1n) is 7.00. The lowest BCUT2D eigenvalue weighted by Crippen LogP contribution is -2.33. The van der Waals surface area contributed by atoms with Gasteiger partial charge in [-0.1, -0.05) is 12.1 Å². The maximum atomic E-state index is 12.8. The minimum Gasteiger partial charge on any atom is -0.362 e. The van der Waals surface area contributed by atoms with E-state index in [1.807, 2.05) is 0 Å². The van der Waals surface area contributed by atoms with Gasteiger partial charge in [0.2, 0.25) is 5.91 Å². The number of nitrogens with zero attached hydrogens (tertiary/aromatic N) is 1. The molecule has 7 heteroatoms. The summed E-state index contributed by atoms with van der Waals surface area (Å²) in [6.45, 7) is -0.958. The molecule has 0 radical (unpaired) electrons. The Bertz CT molecular complexity index is 501. The molecular weight excluding hydrogens is 302 g/mol. The van der Waals surface area contributed by atoms with Crippen molar-refractivity contribution in [3.63, 3.8) is 0 Å². The standard InChI is InChI=1S/C15H17F4NO2/c16-13-3-1-11(2-4-13)7-12-5-6-20(8-12)14(21)9-22-10-15(17,18)19/h1-4,12H,5-10H2/t12-/m1/s1. The van der Waals surface area contributed by atoms with E-state index in [0.717, 1.165) is 12.0 Å². The van der Waals surface area contributed by atoms with E-state index in [-0.39, 0.29) is 11.7 Å². The highest BCUT2D eigenvalue weighted by Crippen LogP contribution is 2.21. The normalized spacial score (nSPS) is 18.7.